The number of hydrogen-bond donors (Lipinski definition) is 3. The molecule has 21 heavy (non-hydrogen) atoms. The van der Waals surface area contributed by atoms with Gasteiger partial charge in [0.05, 0.1) is 0 Å². The molecule has 0 fully saturated rings. The molecule has 5 N–H and O–H groups in total. The molecular weight excluding hydrogens is 289 g/mol. The van der Waals surface area contributed by atoms with Gasteiger partial charge in [-0.15, -0.1) is 0 Å². The van der Waals surface area contributed by atoms with Gasteiger partial charge in [-0.2, -0.15) is 0 Å². The maximum absolute atomic E-state index is 13.6. The zero-order valence-electron chi connectivity index (χ0n) is 11.9. The van der Waals surface area contributed by atoms with Gasteiger partial charge in [0.2, 0.25) is 0 Å². The van der Waals surface area contributed by atoms with Gasteiger partial charge in [-0.1, -0.05) is 23.7 Å². The molecule has 0 aromatic heterocycles. The van der Waals surface area contributed by atoms with E-state index in [1.165, 1.54) is 12.1 Å². The fourth-order valence-corrected chi connectivity index (χ4v) is 2.63. The average Bonchev–Trinajstić information content (AvgIpc) is 2.40. The van der Waals surface area contributed by atoms with Gasteiger partial charge in [-0.3, -0.25) is 5.41 Å². The molecule has 2 rings (SSSR count). The number of hydrogen-bond acceptors (Lipinski definition) is 2. The summed E-state index contributed by atoms with van der Waals surface area (Å²) in [5.41, 5.74) is 15.0. The molecule has 2 aromatic rings. The Morgan fingerprint density at radius 3 is 2.52 bits per heavy atom. The van der Waals surface area contributed by atoms with Crippen molar-refractivity contribution in [3.05, 3.63) is 57.9 Å². The van der Waals surface area contributed by atoms with E-state index in [2.05, 4.69) is 0 Å². The first-order valence-corrected chi connectivity index (χ1v) is 6.89. The smallest absolute Gasteiger partial charge is 0.123 e. The minimum absolute atomic E-state index is 0.115. The number of nitrogen functional groups attached to an aromatic ring is 1. The van der Waals surface area contributed by atoms with Crippen LogP contribution in [0, 0.1) is 18.2 Å². The van der Waals surface area contributed by atoms with Gasteiger partial charge in [0.1, 0.15) is 11.7 Å². The second-order valence-corrected chi connectivity index (χ2v) is 5.44. The monoisotopic (exact) mass is 305 g/mol. The predicted octanol–water partition coefficient (Wildman–Crippen LogP) is 3.76. The molecule has 0 spiro atoms. The van der Waals surface area contributed by atoms with Crippen LogP contribution in [0.2, 0.25) is 5.02 Å². The van der Waals surface area contributed by atoms with Crippen molar-refractivity contribution in [1.29, 1.82) is 5.41 Å². The first-order chi connectivity index (χ1) is 9.82. The van der Waals surface area contributed by atoms with Crippen LogP contribution in [0.3, 0.4) is 0 Å². The van der Waals surface area contributed by atoms with E-state index in [4.69, 9.17) is 28.5 Å². The SMILES string of the molecule is Cc1c(Cl)cc(C(C)N)c(-c2cccc(F)c2)c1C(=N)N. The number of rotatable bonds is 3. The Morgan fingerprint density at radius 1 is 1.33 bits per heavy atom. The van der Waals surface area contributed by atoms with Crippen LogP contribution >= 0.6 is 11.6 Å². The Balaban J connectivity index is 2.90. The van der Waals surface area contributed by atoms with E-state index in [1.54, 1.807) is 25.1 Å². The van der Waals surface area contributed by atoms with Crippen molar-refractivity contribution in [3.63, 3.8) is 0 Å². The van der Waals surface area contributed by atoms with Crippen molar-refractivity contribution in [1.82, 2.24) is 0 Å². The van der Waals surface area contributed by atoms with Crippen molar-refractivity contribution in [2.24, 2.45) is 11.5 Å². The first-order valence-electron chi connectivity index (χ1n) is 6.51. The van der Waals surface area contributed by atoms with Crippen LogP contribution in [0.4, 0.5) is 4.39 Å². The largest absolute Gasteiger partial charge is 0.384 e. The van der Waals surface area contributed by atoms with E-state index in [9.17, 15) is 4.39 Å². The van der Waals surface area contributed by atoms with E-state index in [0.29, 0.717) is 27.3 Å². The quantitative estimate of drug-likeness (QED) is 0.596. The summed E-state index contributed by atoms with van der Waals surface area (Å²) in [7, 11) is 0. The molecule has 5 heteroatoms. The summed E-state index contributed by atoms with van der Waals surface area (Å²) in [6, 6.07) is 7.59. The van der Waals surface area contributed by atoms with Crippen LogP contribution < -0.4 is 11.5 Å². The number of benzene rings is 2. The molecule has 0 saturated carbocycles. The number of nitrogens with one attached hydrogen (secondary N) is 1. The van der Waals surface area contributed by atoms with Crippen LogP contribution in [0.1, 0.15) is 29.7 Å². The third kappa shape index (κ3) is 2.91. The summed E-state index contributed by atoms with van der Waals surface area (Å²) in [6.45, 7) is 3.60. The lowest BCUT2D eigenvalue weighted by atomic mass is 9.88. The maximum atomic E-state index is 13.6. The molecule has 0 aliphatic carbocycles. The molecule has 0 heterocycles. The van der Waals surface area contributed by atoms with E-state index in [1.807, 2.05) is 6.92 Å². The topological polar surface area (TPSA) is 75.9 Å². The second kappa shape index (κ2) is 5.84. The second-order valence-electron chi connectivity index (χ2n) is 5.04. The lowest BCUT2D eigenvalue weighted by Gasteiger charge is -2.20. The minimum atomic E-state index is -0.356. The van der Waals surface area contributed by atoms with Gasteiger partial charge in [0.15, 0.2) is 0 Å². The zero-order chi connectivity index (χ0) is 15.7. The van der Waals surface area contributed by atoms with Crippen molar-refractivity contribution in [2.45, 2.75) is 19.9 Å². The van der Waals surface area contributed by atoms with Crippen molar-refractivity contribution >= 4 is 17.4 Å². The molecule has 2 aromatic carbocycles. The molecule has 0 aliphatic heterocycles. The fourth-order valence-electron chi connectivity index (χ4n) is 2.42. The molecule has 1 atom stereocenters. The Morgan fingerprint density at radius 2 is 2.00 bits per heavy atom. The van der Waals surface area contributed by atoms with Gasteiger partial charge >= 0.3 is 0 Å². The summed E-state index contributed by atoms with van der Waals surface area (Å²) in [4.78, 5) is 0. The summed E-state index contributed by atoms with van der Waals surface area (Å²) >= 11 is 6.22. The normalized spacial score (nSPS) is 12.2. The van der Waals surface area contributed by atoms with Crippen LogP contribution in [0.5, 0.6) is 0 Å². The fraction of sp³-hybridized carbons (Fsp3) is 0.188. The lowest BCUT2D eigenvalue weighted by molar-refractivity contribution is 0.628. The van der Waals surface area contributed by atoms with Gasteiger partial charge in [-0.25, -0.2) is 4.39 Å². The van der Waals surface area contributed by atoms with E-state index < -0.39 is 0 Å². The van der Waals surface area contributed by atoms with Crippen LogP contribution in [-0.4, -0.2) is 5.84 Å². The number of amidine groups is 1. The van der Waals surface area contributed by atoms with Crippen LogP contribution in [0.25, 0.3) is 11.1 Å². The van der Waals surface area contributed by atoms with Crippen molar-refractivity contribution in [3.8, 4) is 11.1 Å². The summed E-state index contributed by atoms with van der Waals surface area (Å²) in [5.74, 6) is -0.471. The highest BCUT2D eigenvalue weighted by Gasteiger charge is 2.20. The Kier molecular flexibility index (Phi) is 4.30. The molecule has 3 nitrogen and oxygen atoms in total. The van der Waals surface area contributed by atoms with Gasteiger partial charge in [0, 0.05) is 16.6 Å². The van der Waals surface area contributed by atoms with Crippen molar-refractivity contribution in [2.75, 3.05) is 0 Å². The molecule has 0 bridgehead atoms. The van der Waals surface area contributed by atoms with E-state index >= 15 is 0 Å². The van der Waals surface area contributed by atoms with Gasteiger partial charge in [-0.05, 0) is 54.3 Å². The Bertz CT molecular complexity index is 711. The minimum Gasteiger partial charge on any atom is -0.384 e. The molecule has 1 unspecified atom stereocenters. The van der Waals surface area contributed by atoms with Crippen LogP contribution in [0.15, 0.2) is 30.3 Å². The standard InChI is InChI=1S/C16H17ClFN3/c1-8-13(17)7-12(9(2)19)15(14(8)16(20)21)10-4-3-5-11(18)6-10/h3-7,9H,19H2,1-2H3,(H3,20,21). The molecule has 0 saturated heterocycles. The third-order valence-corrected chi connectivity index (χ3v) is 3.82. The highest BCUT2D eigenvalue weighted by molar-refractivity contribution is 6.32. The number of halogens is 2. The zero-order valence-corrected chi connectivity index (χ0v) is 12.6. The van der Waals surface area contributed by atoms with Gasteiger partial charge in [0.25, 0.3) is 0 Å². The van der Waals surface area contributed by atoms with E-state index in [0.717, 1.165) is 5.56 Å². The average molecular weight is 306 g/mol. The van der Waals surface area contributed by atoms with Gasteiger partial charge < -0.3 is 11.5 Å². The first kappa shape index (κ1) is 15.5. The molecular formula is C16H17ClFN3. The highest BCUT2D eigenvalue weighted by Crippen LogP contribution is 2.36. The number of nitrogens with two attached hydrogens (primary N) is 2. The maximum Gasteiger partial charge on any atom is 0.123 e. The molecule has 110 valence electrons. The predicted molar refractivity (Wildman–Crippen MR) is 85.2 cm³/mol. The summed E-state index contributed by atoms with van der Waals surface area (Å²) < 4.78 is 13.6. The van der Waals surface area contributed by atoms with Crippen LogP contribution in [-0.2, 0) is 0 Å². The Labute approximate surface area is 128 Å². The molecule has 0 radical (unpaired) electrons. The third-order valence-electron chi connectivity index (χ3n) is 3.43. The van der Waals surface area contributed by atoms with E-state index in [-0.39, 0.29) is 17.7 Å². The summed E-state index contributed by atoms with van der Waals surface area (Å²) in [6.07, 6.45) is 0. The van der Waals surface area contributed by atoms with Crippen molar-refractivity contribution < 1.29 is 4.39 Å². The molecule has 0 amide bonds. The molecule has 0 aliphatic rings. The highest BCUT2D eigenvalue weighted by atomic mass is 35.5. The Hall–Kier alpha value is -1.91. The lowest BCUT2D eigenvalue weighted by Crippen LogP contribution is -2.18. The summed E-state index contributed by atoms with van der Waals surface area (Å²) in [5, 5.41) is 8.33.